The monoisotopic (exact) mass is 477 g/mol. The van der Waals surface area contributed by atoms with Crippen LogP contribution in [0.2, 0.25) is 0 Å². The molecule has 0 radical (unpaired) electrons. The summed E-state index contributed by atoms with van der Waals surface area (Å²) in [6, 6.07) is 6.64. The second-order valence-corrected chi connectivity index (χ2v) is 10.3. The number of aliphatic hydroxyl groups excluding tert-OH is 1. The van der Waals surface area contributed by atoms with Crippen LogP contribution in [0.25, 0.3) is 0 Å². The molecule has 186 valence electrons. The first-order chi connectivity index (χ1) is 15.9. The molecule has 1 unspecified atom stereocenters. The molecule has 33 heavy (non-hydrogen) atoms. The lowest BCUT2D eigenvalue weighted by Crippen LogP contribution is -2.30. The number of hydrogen-bond acceptors (Lipinski definition) is 4. The van der Waals surface area contributed by atoms with E-state index in [9.17, 15) is 18.3 Å². The fraction of sp³-hybridized carbons (Fsp3) is 0.593. The summed E-state index contributed by atoms with van der Waals surface area (Å²) >= 11 is 0. The van der Waals surface area contributed by atoms with Gasteiger partial charge in [0.1, 0.15) is 0 Å². The maximum atomic E-state index is 12.3. The Labute approximate surface area is 201 Å². The first-order valence-corrected chi connectivity index (χ1v) is 14.0. The Morgan fingerprint density at radius 3 is 2.21 bits per heavy atom. The molecule has 1 amide bonds. The molecule has 0 aliphatic carbocycles. The minimum Gasteiger partial charge on any atom is -0.389 e. The van der Waals surface area contributed by atoms with E-state index in [-0.39, 0.29) is 17.4 Å². The fourth-order valence-electron chi connectivity index (χ4n) is 3.55. The molecule has 5 nitrogen and oxygen atoms in total. The summed E-state index contributed by atoms with van der Waals surface area (Å²) in [5.74, 6) is -0.461. The summed E-state index contributed by atoms with van der Waals surface area (Å²) in [6.07, 6.45) is 20.8. The number of unbranched alkanes of at least 4 members (excludes halogenated alkanes) is 8. The normalized spacial score (nSPS) is 13.1. The van der Waals surface area contributed by atoms with Gasteiger partial charge in [0.15, 0.2) is 0 Å². The SMILES string of the molecule is CCCCC(O)C=CCCCCCCCC=CCCCC(=O)NS(=O)(=O)c1ccccc1C. The number of aryl methyl sites for hydroxylation is 1. The molecule has 0 heterocycles. The number of carbonyl (C=O) groups is 1. The highest BCUT2D eigenvalue weighted by Crippen LogP contribution is 2.14. The molecule has 2 N–H and O–H groups in total. The summed E-state index contributed by atoms with van der Waals surface area (Å²) in [5.41, 5.74) is 0.621. The average molecular weight is 478 g/mol. The number of rotatable bonds is 18. The Balaban J connectivity index is 2.02. The van der Waals surface area contributed by atoms with Crippen LogP contribution >= 0.6 is 0 Å². The third-order valence-corrected chi connectivity index (χ3v) is 7.06. The molecule has 0 aliphatic rings. The molecule has 1 rings (SSSR count). The van der Waals surface area contributed by atoms with Gasteiger partial charge in [0.05, 0.1) is 11.0 Å². The molecule has 6 heteroatoms. The molecular weight excluding hydrogens is 434 g/mol. The lowest BCUT2D eigenvalue weighted by molar-refractivity contribution is -0.119. The molecule has 0 spiro atoms. The number of allylic oxidation sites excluding steroid dienone is 3. The zero-order valence-electron chi connectivity index (χ0n) is 20.5. The first kappa shape index (κ1) is 29.1. The van der Waals surface area contributed by atoms with Crippen LogP contribution in [0.1, 0.15) is 96.0 Å². The first-order valence-electron chi connectivity index (χ1n) is 12.5. The van der Waals surface area contributed by atoms with Gasteiger partial charge in [0.25, 0.3) is 10.0 Å². The molecule has 0 aliphatic heterocycles. The number of nitrogens with one attached hydrogen (secondary N) is 1. The van der Waals surface area contributed by atoms with Crippen LogP contribution in [0, 0.1) is 6.92 Å². The summed E-state index contributed by atoms with van der Waals surface area (Å²) in [7, 11) is -3.80. The number of aliphatic hydroxyl groups is 1. The van der Waals surface area contributed by atoms with Gasteiger partial charge in [-0.2, -0.15) is 0 Å². The van der Waals surface area contributed by atoms with Crippen molar-refractivity contribution in [1.29, 1.82) is 0 Å². The maximum absolute atomic E-state index is 12.3. The zero-order chi connectivity index (χ0) is 24.4. The van der Waals surface area contributed by atoms with E-state index in [2.05, 4.69) is 29.9 Å². The Morgan fingerprint density at radius 2 is 1.55 bits per heavy atom. The summed E-state index contributed by atoms with van der Waals surface area (Å²) in [4.78, 5) is 12.1. The van der Waals surface area contributed by atoms with Crippen LogP contribution in [0.3, 0.4) is 0 Å². The van der Waals surface area contributed by atoms with Gasteiger partial charge >= 0.3 is 0 Å². The highest BCUT2D eigenvalue weighted by Gasteiger charge is 2.18. The van der Waals surface area contributed by atoms with Gasteiger partial charge in [0, 0.05) is 6.42 Å². The van der Waals surface area contributed by atoms with Crippen molar-refractivity contribution >= 4 is 15.9 Å². The smallest absolute Gasteiger partial charge is 0.264 e. The highest BCUT2D eigenvalue weighted by atomic mass is 32.2. The van der Waals surface area contributed by atoms with Gasteiger partial charge in [0.2, 0.25) is 5.91 Å². The van der Waals surface area contributed by atoms with Crippen molar-refractivity contribution in [2.75, 3.05) is 0 Å². The van der Waals surface area contributed by atoms with Crippen molar-refractivity contribution in [2.45, 2.75) is 108 Å². The molecule has 0 aromatic heterocycles. The zero-order valence-corrected chi connectivity index (χ0v) is 21.3. The minimum atomic E-state index is -3.80. The fourth-order valence-corrected chi connectivity index (χ4v) is 4.81. The second-order valence-electron chi connectivity index (χ2n) is 8.64. The van der Waals surface area contributed by atoms with Gasteiger partial charge in [-0.25, -0.2) is 13.1 Å². The molecule has 0 bridgehead atoms. The van der Waals surface area contributed by atoms with Gasteiger partial charge in [-0.15, -0.1) is 0 Å². The van der Waals surface area contributed by atoms with Crippen molar-refractivity contribution in [3.05, 3.63) is 54.1 Å². The number of sulfonamides is 1. The summed E-state index contributed by atoms with van der Waals surface area (Å²) < 4.78 is 26.8. The van der Waals surface area contributed by atoms with E-state index in [0.717, 1.165) is 44.9 Å². The Hall–Kier alpha value is -1.92. The van der Waals surface area contributed by atoms with E-state index in [0.29, 0.717) is 12.0 Å². The topological polar surface area (TPSA) is 83.5 Å². The van der Waals surface area contributed by atoms with Crippen LogP contribution < -0.4 is 4.72 Å². The van der Waals surface area contributed by atoms with E-state index in [4.69, 9.17) is 0 Å². The van der Waals surface area contributed by atoms with E-state index in [1.807, 2.05) is 6.08 Å². The second kappa shape index (κ2) is 17.5. The van der Waals surface area contributed by atoms with Crippen molar-refractivity contribution < 1.29 is 18.3 Å². The molecule has 1 aromatic rings. The summed E-state index contributed by atoms with van der Waals surface area (Å²) in [5, 5.41) is 9.74. The van der Waals surface area contributed by atoms with Gasteiger partial charge in [-0.1, -0.05) is 81.5 Å². The van der Waals surface area contributed by atoms with Crippen molar-refractivity contribution in [1.82, 2.24) is 4.72 Å². The van der Waals surface area contributed by atoms with E-state index < -0.39 is 15.9 Å². The van der Waals surface area contributed by atoms with Gasteiger partial charge in [-0.3, -0.25) is 4.79 Å². The lowest BCUT2D eigenvalue weighted by atomic mass is 10.1. The molecule has 0 saturated carbocycles. The quantitative estimate of drug-likeness (QED) is 0.190. The van der Waals surface area contributed by atoms with E-state index in [1.165, 1.54) is 31.7 Å². The molecule has 1 atom stereocenters. The Morgan fingerprint density at radius 1 is 0.939 bits per heavy atom. The van der Waals surface area contributed by atoms with Crippen LogP contribution in [0.5, 0.6) is 0 Å². The molecular formula is C27H43NO4S. The van der Waals surface area contributed by atoms with Crippen LogP contribution in [0.15, 0.2) is 53.5 Å². The standard InChI is InChI=1S/C27H43NO4S/c1-3-4-20-25(29)21-15-13-11-9-7-5-6-8-10-12-14-16-23-27(30)28-33(31,32)26-22-18-17-19-24(26)2/h10,12,15,17-19,21-22,25,29H,3-9,11,13-14,16,20,23H2,1-2H3,(H,28,30). The largest absolute Gasteiger partial charge is 0.389 e. The van der Waals surface area contributed by atoms with Gasteiger partial charge < -0.3 is 5.11 Å². The Kier molecular flexibility index (Phi) is 15.5. The number of carbonyl (C=O) groups excluding carboxylic acids is 1. The van der Waals surface area contributed by atoms with Crippen LogP contribution in [-0.4, -0.2) is 25.5 Å². The third-order valence-electron chi connectivity index (χ3n) is 5.53. The molecule has 0 fully saturated rings. The third kappa shape index (κ3) is 14.1. The lowest BCUT2D eigenvalue weighted by Gasteiger charge is -2.08. The average Bonchev–Trinajstić information content (AvgIpc) is 2.77. The van der Waals surface area contributed by atoms with E-state index in [1.54, 1.807) is 25.1 Å². The highest BCUT2D eigenvalue weighted by molar-refractivity contribution is 7.90. The predicted octanol–water partition coefficient (Wildman–Crippen LogP) is 6.36. The Bertz CT molecular complexity index is 830. The minimum absolute atomic E-state index is 0.149. The molecule has 1 aromatic carbocycles. The van der Waals surface area contributed by atoms with Crippen molar-refractivity contribution in [3.63, 3.8) is 0 Å². The van der Waals surface area contributed by atoms with Gasteiger partial charge in [-0.05, 0) is 63.5 Å². The molecule has 0 saturated heterocycles. The van der Waals surface area contributed by atoms with Crippen LogP contribution in [-0.2, 0) is 14.8 Å². The van der Waals surface area contributed by atoms with E-state index >= 15 is 0 Å². The van der Waals surface area contributed by atoms with Crippen LogP contribution in [0.4, 0.5) is 0 Å². The number of benzene rings is 1. The maximum Gasteiger partial charge on any atom is 0.264 e. The number of amides is 1. The summed E-state index contributed by atoms with van der Waals surface area (Å²) in [6.45, 7) is 3.85. The van der Waals surface area contributed by atoms with Crippen molar-refractivity contribution in [2.24, 2.45) is 0 Å². The predicted molar refractivity (Wildman–Crippen MR) is 136 cm³/mol. The van der Waals surface area contributed by atoms with Crippen molar-refractivity contribution in [3.8, 4) is 0 Å². The number of hydrogen-bond donors (Lipinski definition) is 2.